The second-order valence-corrected chi connectivity index (χ2v) is 7.94. The Bertz CT molecular complexity index is 1070. The van der Waals surface area contributed by atoms with Crippen molar-refractivity contribution in [2.24, 2.45) is 0 Å². The number of amides is 1. The molecule has 1 aliphatic heterocycles. The molecule has 4 rings (SSSR count). The number of likely N-dealkylation sites (tertiary alicyclic amines) is 1. The van der Waals surface area contributed by atoms with E-state index in [9.17, 15) is 4.79 Å². The van der Waals surface area contributed by atoms with Crippen molar-refractivity contribution in [1.29, 1.82) is 0 Å². The van der Waals surface area contributed by atoms with E-state index in [0.29, 0.717) is 37.0 Å². The first kappa shape index (κ1) is 23.3. The highest BCUT2D eigenvalue weighted by Crippen LogP contribution is 2.31. The molecule has 0 atom stereocenters. The topological polar surface area (TPSA) is 102 Å². The summed E-state index contributed by atoms with van der Waals surface area (Å²) in [4.78, 5) is 27.3. The van der Waals surface area contributed by atoms with Crippen molar-refractivity contribution in [1.82, 2.24) is 19.9 Å². The number of nitrogens with one attached hydrogen (secondary N) is 2. The summed E-state index contributed by atoms with van der Waals surface area (Å²) in [6.45, 7) is 2.70. The molecule has 0 unspecified atom stereocenters. The van der Waals surface area contributed by atoms with Crippen LogP contribution in [0, 0.1) is 0 Å². The zero-order chi connectivity index (χ0) is 23.6. The summed E-state index contributed by atoms with van der Waals surface area (Å²) < 4.78 is 11.3. The Labute approximate surface area is 199 Å². The molecule has 1 aliphatic rings. The van der Waals surface area contributed by atoms with Gasteiger partial charge >= 0.3 is 0 Å². The lowest BCUT2D eigenvalue weighted by molar-refractivity contribution is -0.130. The Morgan fingerprint density at radius 1 is 1.06 bits per heavy atom. The normalized spacial score (nSPS) is 12.9. The van der Waals surface area contributed by atoms with Gasteiger partial charge in [0.05, 0.1) is 20.1 Å². The Hall–Kier alpha value is -3.88. The molecule has 34 heavy (non-hydrogen) atoms. The molecule has 2 aromatic heterocycles. The first-order chi connectivity index (χ1) is 16.7. The first-order valence-electron chi connectivity index (χ1n) is 11.5. The Balaban J connectivity index is 1.32. The van der Waals surface area contributed by atoms with Crippen LogP contribution < -0.4 is 20.1 Å². The van der Waals surface area contributed by atoms with Crippen molar-refractivity contribution < 1.29 is 14.3 Å². The van der Waals surface area contributed by atoms with Crippen molar-refractivity contribution in [3.05, 3.63) is 60.6 Å². The van der Waals surface area contributed by atoms with E-state index in [-0.39, 0.29) is 5.91 Å². The summed E-state index contributed by atoms with van der Waals surface area (Å²) in [6.07, 6.45) is 6.79. The van der Waals surface area contributed by atoms with Gasteiger partial charge in [0, 0.05) is 55.9 Å². The number of aromatic nitrogens is 3. The number of methoxy groups -OCH3 is 1. The number of ether oxygens (including phenoxy) is 2. The SMILES string of the molecule is COc1ccc(Nc2nccc(NCCc3ccccn3)n2)cc1OCCC(=O)N1CCCC1. The number of rotatable bonds is 11. The third-order valence-electron chi connectivity index (χ3n) is 5.52. The van der Waals surface area contributed by atoms with Gasteiger partial charge in [-0.05, 0) is 43.2 Å². The van der Waals surface area contributed by atoms with E-state index in [1.165, 1.54) is 0 Å². The van der Waals surface area contributed by atoms with Gasteiger partial charge in [-0.3, -0.25) is 9.78 Å². The van der Waals surface area contributed by atoms with E-state index in [0.717, 1.165) is 49.6 Å². The van der Waals surface area contributed by atoms with Crippen LogP contribution in [0.2, 0.25) is 0 Å². The maximum Gasteiger partial charge on any atom is 0.229 e. The van der Waals surface area contributed by atoms with Gasteiger partial charge in [0.2, 0.25) is 11.9 Å². The molecular formula is C25H30N6O3. The highest BCUT2D eigenvalue weighted by atomic mass is 16.5. The predicted octanol–water partition coefficient (Wildman–Crippen LogP) is 3.67. The van der Waals surface area contributed by atoms with Crippen LogP contribution in [0.3, 0.4) is 0 Å². The van der Waals surface area contributed by atoms with Crippen LogP contribution in [0.25, 0.3) is 0 Å². The molecule has 1 saturated heterocycles. The number of hydrogen-bond donors (Lipinski definition) is 2. The summed E-state index contributed by atoms with van der Waals surface area (Å²) in [5.74, 6) is 2.48. The van der Waals surface area contributed by atoms with Gasteiger partial charge in [-0.1, -0.05) is 6.07 Å². The molecule has 0 saturated carbocycles. The largest absolute Gasteiger partial charge is 0.493 e. The molecular weight excluding hydrogens is 432 g/mol. The Morgan fingerprint density at radius 2 is 1.94 bits per heavy atom. The van der Waals surface area contributed by atoms with Crippen molar-refractivity contribution >= 4 is 23.4 Å². The van der Waals surface area contributed by atoms with Crippen LogP contribution in [0.5, 0.6) is 11.5 Å². The molecule has 2 N–H and O–H groups in total. The van der Waals surface area contributed by atoms with Gasteiger partial charge in [0.1, 0.15) is 5.82 Å². The second kappa shape index (κ2) is 11.8. The summed E-state index contributed by atoms with van der Waals surface area (Å²) >= 11 is 0. The molecule has 3 heterocycles. The van der Waals surface area contributed by atoms with Gasteiger partial charge < -0.3 is 25.0 Å². The lowest BCUT2D eigenvalue weighted by Crippen LogP contribution is -2.28. The number of carbonyl (C=O) groups excluding carboxylic acids is 1. The van der Waals surface area contributed by atoms with Gasteiger partial charge in [0.15, 0.2) is 11.5 Å². The fraction of sp³-hybridized carbons (Fsp3) is 0.360. The van der Waals surface area contributed by atoms with Gasteiger partial charge in [-0.15, -0.1) is 0 Å². The number of nitrogens with zero attached hydrogens (tertiary/aromatic N) is 4. The van der Waals surface area contributed by atoms with Crippen LogP contribution in [-0.4, -0.2) is 59.1 Å². The van der Waals surface area contributed by atoms with Gasteiger partial charge in [0.25, 0.3) is 0 Å². The van der Waals surface area contributed by atoms with Crippen molar-refractivity contribution in [2.75, 3.05) is 44.0 Å². The third-order valence-corrected chi connectivity index (χ3v) is 5.52. The quantitative estimate of drug-likeness (QED) is 0.445. The number of carbonyl (C=O) groups is 1. The highest BCUT2D eigenvalue weighted by molar-refractivity contribution is 5.76. The fourth-order valence-corrected chi connectivity index (χ4v) is 3.75. The average Bonchev–Trinajstić information content (AvgIpc) is 3.41. The minimum absolute atomic E-state index is 0.131. The maximum atomic E-state index is 12.3. The maximum absolute atomic E-state index is 12.3. The molecule has 178 valence electrons. The molecule has 1 aromatic carbocycles. The number of hydrogen-bond acceptors (Lipinski definition) is 8. The molecule has 0 aliphatic carbocycles. The molecule has 1 fully saturated rings. The van der Waals surface area contributed by atoms with Crippen molar-refractivity contribution in [2.45, 2.75) is 25.7 Å². The van der Waals surface area contributed by atoms with Crippen LogP contribution in [-0.2, 0) is 11.2 Å². The standard InChI is InChI=1S/C25H30N6O3/c1-33-21-8-7-20(18-22(21)34-17-11-24(32)31-15-4-5-16-31)29-25-28-14-10-23(30-25)27-13-9-19-6-2-3-12-26-19/h2-3,6-8,10,12,14,18H,4-5,9,11,13,15-17H2,1H3,(H2,27,28,29,30). The minimum atomic E-state index is 0.131. The van der Waals surface area contributed by atoms with E-state index in [1.807, 2.05) is 47.4 Å². The smallest absolute Gasteiger partial charge is 0.229 e. The highest BCUT2D eigenvalue weighted by Gasteiger charge is 2.18. The fourth-order valence-electron chi connectivity index (χ4n) is 3.75. The van der Waals surface area contributed by atoms with Crippen molar-refractivity contribution in [3.8, 4) is 11.5 Å². The van der Waals surface area contributed by atoms with Crippen LogP contribution >= 0.6 is 0 Å². The summed E-state index contributed by atoms with van der Waals surface area (Å²) in [5, 5.41) is 6.50. The lowest BCUT2D eigenvalue weighted by Gasteiger charge is -2.16. The Morgan fingerprint density at radius 3 is 2.74 bits per heavy atom. The molecule has 9 nitrogen and oxygen atoms in total. The minimum Gasteiger partial charge on any atom is -0.493 e. The molecule has 0 radical (unpaired) electrons. The number of benzene rings is 1. The number of anilines is 3. The van der Waals surface area contributed by atoms with Crippen LogP contribution in [0.4, 0.5) is 17.5 Å². The monoisotopic (exact) mass is 462 g/mol. The van der Waals surface area contributed by atoms with Crippen LogP contribution in [0.15, 0.2) is 54.9 Å². The van der Waals surface area contributed by atoms with Gasteiger partial charge in [-0.25, -0.2) is 4.98 Å². The van der Waals surface area contributed by atoms with Crippen molar-refractivity contribution in [3.63, 3.8) is 0 Å². The summed E-state index contributed by atoms with van der Waals surface area (Å²) in [7, 11) is 1.59. The summed E-state index contributed by atoms with van der Waals surface area (Å²) in [6, 6.07) is 13.2. The van der Waals surface area contributed by atoms with E-state index in [2.05, 4.69) is 25.6 Å². The zero-order valence-electron chi connectivity index (χ0n) is 19.4. The molecule has 1 amide bonds. The Kier molecular flexibility index (Phi) is 8.10. The molecule has 9 heteroatoms. The van der Waals surface area contributed by atoms with Crippen LogP contribution in [0.1, 0.15) is 25.0 Å². The first-order valence-corrected chi connectivity index (χ1v) is 11.5. The molecule has 0 bridgehead atoms. The van der Waals surface area contributed by atoms with E-state index < -0.39 is 0 Å². The average molecular weight is 463 g/mol. The van der Waals surface area contributed by atoms with E-state index in [4.69, 9.17) is 9.47 Å². The molecule has 3 aromatic rings. The zero-order valence-corrected chi connectivity index (χ0v) is 19.4. The molecule has 0 spiro atoms. The lowest BCUT2D eigenvalue weighted by atomic mass is 10.2. The third kappa shape index (κ3) is 6.57. The predicted molar refractivity (Wildman–Crippen MR) is 131 cm³/mol. The number of pyridine rings is 1. The van der Waals surface area contributed by atoms with E-state index >= 15 is 0 Å². The second-order valence-electron chi connectivity index (χ2n) is 7.94. The van der Waals surface area contributed by atoms with E-state index in [1.54, 1.807) is 19.5 Å². The van der Waals surface area contributed by atoms with Gasteiger partial charge in [-0.2, -0.15) is 4.98 Å². The summed E-state index contributed by atoms with van der Waals surface area (Å²) in [5.41, 5.74) is 1.78.